The first-order valence-corrected chi connectivity index (χ1v) is 5.78. The Balaban J connectivity index is 0.000000293. The first-order chi connectivity index (χ1) is 7.02. The molecule has 1 fully saturated rings. The van der Waals surface area contributed by atoms with E-state index < -0.39 is 22.2 Å². The molecule has 6 nitrogen and oxygen atoms in total. The van der Waals surface area contributed by atoms with Crippen LogP contribution in [-0.4, -0.2) is 44.0 Å². The molecule has 96 valence electrons. The molecule has 10 heteroatoms. The van der Waals surface area contributed by atoms with E-state index in [-0.39, 0.29) is 11.8 Å². The molecule has 1 rings (SSSR count). The molecule has 1 atom stereocenters. The molecule has 0 aromatic carbocycles. The minimum atomic E-state index is -5.08. The molecule has 0 amide bonds. The molecule has 0 bridgehead atoms. The Morgan fingerprint density at radius 2 is 1.88 bits per heavy atom. The third-order valence-corrected chi connectivity index (χ3v) is 2.47. The van der Waals surface area contributed by atoms with Crippen LogP contribution in [0.15, 0.2) is 0 Å². The Morgan fingerprint density at radius 1 is 1.50 bits per heavy atom. The number of nitrogens with two attached hydrogens (primary N) is 1. The van der Waals surface area contributed by atoms with Gasteiger partial charge >= 0.3 is 12.1 Å². The highest BCUT2D eigenvalue weighted by atomic mass is 32.2. The number of primary sulfonamides is 1. The van der Waals surface area contributed by atoms with Gasteiger partial charge in [0, 0.05) is 6.04 Å². The van der Waals surface area contributed by atoms with Gasteiger partial charge in [0.1, 0.15) is 0 Å². The van der Waals surface area contributed by atoms with Crippen molar-refractivity contribution in [2.24, 2.45) is 5.14 Å². The molecule has 1 aliphatic heterocycles. The Labute approximate surface area is 89.7 Å². The van der Waals surface area contributed by atoms with Crippen molar-refractivity contribution in [1.82, 2.24) is 5.32 Å². The molecule has 0 aromatic heterocycles. The van der Waals surface area contributed by atoms with E-state index in [1.54, 1.807) is 0 Å². The molecule has 0 saturated carbocycles. The highest BCUT2D eigenvalue weighted by molar-refractivity contribution is 7.89. The Bertz CT molecular complexity index is 336. The predicted molar refractivity (Wildman–Crippen MR) is 48.1 cm³/mol. The van der Waals surface area contributed by atoms with Crippen LogP contribution in [0.25, 0.3) is 0 Å². The van der Waals surface area contributed by atoms with Gasteiger partial charge in [0.2, 0.25) is 10.0 Å². The van der Waals surface area contributed by atoms with Crippen molar-refractivity contribution >= 4 is 16.0 Å². The van der Waals surface area contributed by atoms with Gasteiger partial charge in [-0.05, 0) is 13.0 Å². The fraction of sp³-hybridized carbons (Fsp3) is 0.833. The third kappa shape index (κ3) is 7.43. The monoisotopic (exact) mass is 264 g/mol. The molecule has 0 aromatic rings. The summed E-state index contributed by atoms with van der Waals surface area (Å²) in [6.45, 7) is 0.917. The van der Waals surface area contributed by atoms with E-state index in [2.05, 4.69) is 5.32 Å². The van der Waals surface area contributed by atoms with Gasteiger partial charge in [-0.15, -0.1) is 0 Å². The topological polar surface area (TPSA) is 109 Å². The van der Waals surface area contributed by atoms with Crippen LogP contribution in [0.4, 0.5) is 13.2 Å². The number of nitrogens with one attached hydrogen (secondary N) is 1. The van der Waals surface area contributed by atoms with Crippen molar-refractivity contribution in [3.8, 4) is 0 Å². The highest BCUT2D eigenvalue weighted by Crippen LogP contribution is 2.13. The van der Waals surface area contributed by atoms with E-state index in [0.29, 0.717) is 0 Å². The van der Waals surface area contributed by atoms with Crippen LogP contribution in [0, 0.1) is 0 Å². The molecule has 4 N–H and O–H groups in total. The minimum Gasteiger partial charge on any atom is -0.475 e. The summed E-state index contributed by atoms with van der Waals surface area (Å²) in [5.74, 6) is -2.68. The maximum atomic E-state index is 10.6. The summed E-state index contributed by atoms with van der Waals surface area (Å²) in [6.07, 6.45) is -4.16. The van der Waals surface area contributed by atoms with Crippen molar-refractivity contribution in [3.63, 3.8) is 0 Å². The number of aliphatic carboxylic acids is 1. The standard InChI is InChI=1S/C4H10N2O2S.C2HF3O2/c5-9(7,8)3-4-1-2-6-4;3-2(4,5)1(6)7/h4,6H,1-3H2,(H2,5,7,8);(H,6,7). The lowest BCUT2D eigenvalue weighted by molar-refractivity contribution is -0.192. The zero-order valence-corrected chi connectivity index (χ0v) is 8.81. The van der Waals surface area contributed by atoms with Crippen LogP contribution >= 0.6 is 0 Å². The van der Waals surface area contributed by atoms with E-state index in [0.717, 1.165) is 13.0 Å². The molecule has 1 aliphatic rings. The quantitative estimate of drug-likeness (QED) is 0.609. The molecule has 1 saturated heterocycles. The van der Waals surface area contributed by atoms with Crippen molar-refractivity contribution in [2.45, 2.75) is 18.6 Å². The fourth-order valence-electron chi connectivity index (χ4n) is 0.771. The predicted octanol–water partition coefficient (Wildman–Crippen LogP) is -0.730. The van der Waals surface area contributed by atoms with Crippen molar-refractivity contribution in [1.29, 1.82) is 0 Å². The summed E-state index contributed by atoms with van der Waals surface area (Å²) < 4.78 is 52.5. The molecule has 0 aliphatic carbocycles. The van der Waals surface area contributed by atoms with E-state index >= 15 is 0 Å². The maximum Gasteiger partial charge on any atom is 0.490 e. The number of hydrogen-bond acceptors (Lipinski definition) is 4. The van der Waals surface area contributed by atoms with Crippen LogP contribution in [0.5, 0.6) is 0 Å². The average molecular weight is 264 g/mol. The molecular formula is C6H11F3N2O4S. The van der Waals surface area contributed by atoms with Crippen LogP contribution in [0.2, 0.25) is 0 Å². The SMILES string of the molecule is NS(=O)(=O)CC1CCN1.O=C(O)C(F)(F)F. The third-order valence-electron chi connectivity index (χ3n) is 1.60. The van der Waals surface area contributed by atoms with Crippen LogP contribution in [0.3, 0.4) is 0 Å². The van der Waals surface area contributed by atoms with Crippen LogP contribution < -0.4 is 10.5 Å². The van der Waals surface area contributed by atoms with Gasteiger partial charge in [0.05, 0.1) is 5.75 Å². The maximum absolute atomic E-state index is 10.6. The Kier molecular flexibility index (Phi) is 5.16. The number of sulfonamides is 1. The molecule has 1 unspecified atom stereocenters. The smallest absolute Gasteiger partial charge is 0.475 e. The van der Waals surface area contributed by atoms with Gasteiger partial charge in [0.25, 0.3) is 0 Å². The van der Waals surface area contributed by atoms with Crippen molar-refractivity contribution < 1.29 is 31.5 Å². The fourth-order valence-corrected chi connectivity index (χ4v) is 1.62. The summed E-state index contributed by atoms with van der Waals surface area (Å²) >= 11 is 0. The summed E-state index contributed by atoms with van der Waals surface area (Å²) in [7, 11) is -3.25. The number of hydrogen-bond donors (Lipinski definition) is 3. The average Bonchev–Trinajstić information content (AvgIpc) is 1.95. The van der Waals surface area contributed by atoms with Crippen LogP contribution in [-0.2, 0) is 14.8 Å². The molecule has 0 spiro atoms. The summed E-state index contributed by atoms with van der Waals surface area (Å²) in [4.78, 5) is 8.90. The number of rotatable bonds is 2. The highest BCUT2D eigenvalue weighted by Gasteiger charge is 2.38. The molecule has 1 heterocycles. The summed E-state index contributed by atoms with van der Waals surface area (Å²) in [5.41, 5.74) is 0. The molecular weight excluding hydrogens is 253 g/mol. The second-order valence-electron chi connectivity index (χ2n) is 3.07. The van der Waals surface area contributed by atoms with Gasteiger partial charge < -0.3 is 10.4 Å². The largest absolute Gasteiger partial charge is 0.490 e. The van der Waals surface area contributed by atoms with Gasteiger partial charge in [-0.3, -0.25) is 0 Å². The van der Waals surface area contributed by atoms with E-state index in [4.69, 9.17) is 15.0 Å². The van der Waals surface area contributed by atoms with Crippen molar-refractivity contribution in [2.75, 3.05) is 12.3 Å². The minimum absolute atomic E-state index is 0.0764. The second kappa shape index (κ2) is 5.46. The number of alkyl halides is 3. The number of halogens is 3. The Morgan fingerprint density at radius 3 is 1.94 bits per heavy atom. The summed E-state index contributed by atoms with van der Waals surface area (Å²) in [5, 5.41) is 14.8. The van der Waals surface area contributed by atoms with Gasteiger partial charge in [-0.25, -0.2) is 18.4 Å². The lowest BCUT2D eigenvalue weighted by atomic mass is 10.1. The van der Waals surface area contributed by atoms with E-state index in [1.165, 1.54) is 0 Å². The van der Waals surface area contributed by atoms with Gasteiger partial charge in [-0.2, -0.15) is 13.2 Å². The summed E-state index contributed by atoms with van der Waals surface area (Å²) in [6, 6.07) is 0.111. The molecule has 0 radical (unpaired) electrons. The van der Waals surface area contributed by atoms with Gasteiger partial charge in [0.15, 0.2) is 0 Å². The number of carbonyl (C=O) groups is 1. The van der Waals surface area contributed by atoms with Gasteiger partial charge in [-0.1, -0.05) is 0 Å². The van der Waals surface area contributed by atoms with E-state index in [1.807, 2.05) is 0 Å². The second-order valence-corrected chi connectivity index (χ2v) is 4.73. The van der Waals surface area contributed by atoms with Crippen molar-refractivity contribution in [3.05, 3.63) is 0 Å². The Hall–Kier alpha value is -0.870. The first kappa shape index (κ1) is 15.1. The normalized spacial score (nSPS) is 20.4. The lowest BCUT2D eigenvalue weighted by Gasteiger charge is -2.26. The zero-order valence-electron chi connectivity index (χ0n) is 7.99. The lowest BCUT2D eigenvalue weighted by Crippen LogP contribution is -2.48. The zero-order chi connectivity index (χ0) is 13.0. The molecule has 16 heavy (non-hydrogen) atoms. The number of carboxylic acid groups (broad SMARTS) is 1. The first-order valence-electron chi connectivity index (χ1n) is 4.06. The van der Waals surface area contributed by atoms with E-state index in [9.17, 15) is 21.6 Å². The van der Waals surface area contributed by atoms with Crippen LogP contribution in [0.1, 0.15) is 6.42 Å². The number of carboxylic acids is 1.